The van der Waals surface area contributed by atoms with Crippen LogP contribution in [0.1, 0.15) is 114 Å². The first kappa shape index (κ1) is 59.3. The number of aryl methyl sites for hydroxylation is 2. The summed E-state index contributed by atoms with van der Waals surface area (Å²) in [7, 11) is 0. The number of hydrogen-bond acceptors (Lipinski definition) is 7. The van der Waals surface area contributed by atoms with E-state index >= 15 is 0 Å². The second-order valence-electron chi connectivity index (χ2n) is 18.5. The van der Waals surface area contributed by atoms with E-state index in [1.54, 1.807) is 73.7 Å². The zero-order valence-corrected chi connectivity index (χ0v) is 42.1. The van der Waals surface area contributed by atoms with E-state index < -0.39 is 70.9 Å². The minimum absolute atomic E-state index is 0.0344. The van der Waals surface area contributed by atoms with Crippen LogP contribution in [0.2, 0.25) is 0 Å². The lowest BCUT2D eigenvalue weighted by atomic mass is 9.85. The number of carbonyl (C=O) groups is 4. The fourth-order valence-electron chi connectivity index (χ4n) is 8.42. The molecule has 0 amide bonds. The van der Waals surface area contributed by atoms with Gasteiger partial charge in [0, 0.05) is 28.7 Å². The zero-order chi connectivity index (χ0) is 58.2. The van der Waals surface area contributed by atoms with Crippen LogP contribution in [-0.2, 0) is 60.3 Å². The maximum atomic E-state index is 13.2. The molecule has 2 aliphatic carbocycles. The van der Waals surface area contributed by atoms with Crippen LogP contribution in [0.5, 0.6) is 11.5 Å². The first-order chi connectivity index (χ1) is 37.7. The molecule has 2 aliphatic rings. The number of alkyl halides is 12. The quantitative estimate of drug-likeness (QED) is 0.0855. The Balaban J connectivity index is 0.000000231. The van der Waals surface area contributed by atoms with Gasteiger partial charge in [-0.3, -0.25) is 19.2 Å². The molecular formula is C61H46F12O7. The number of ether oxygens (including phenoxy) is 2. The van der Waals surface area contributed by atoms with Crippen molar-refractivity contribution in [3.63, 3.8) is 0 Å². The molecule has 0 saturated carbocycles. The topological polar surface area (TPSA) is 107 Å². The highest BCUT2D eigenvalue weighted by atomic mass is 19.4. The fraction of sp³-hybridized carbons (Fsp3) is 0.213. The highest BCUT2D eigenvalue weighted by Crippen LogP contribution is 2.40. The first-order valence-electron chi connectivity index (χ1n) is 24.5. The molecule has 80 heavy (non-hydrogen) atoms. The number of ketones is 4. The van der Waals surface area contributed by atoms with Gasteiger partial charge in [0.1, 0.15) is 31.3 Å². The average molecular weight is 1120 g/mol. The number of fused-ring (bicyclic) bond motifs is 2. The maximum absolute atomic E-state index is 13.2. The number of aliphatic hydroxyl groups is 1. The van der Waals surface area contributed by atoms with Crippen molar-refractivity contribution in [2.45, 2.75) is 76.9 Å². The monoisotopic (exact) mass is 1120 g/mol. The van der Waals surface area contributed by atoms with E-state index in [2.05, 4.69) is 0 Å². The molecule has 7 nitrogen and oxygen atoms in total. The summed E-state index contributed by atoms with van der Waals surface area (Å²) in [6.45, 7) is 1.70. The van der Waals surface area contributed by atoms with Gasteiger partial charge in [0.2, 0.25) is 0 Å². The normalized spacial score (nSPS) is 15.0. The summed E-state index contributed by atoms with van der Waals surface area (Å²) in [5, 5.41) is 8.76. The molecule has 8 rings (SSSR count). The molecule has 0 saturated heterocycles. The van der Waals surface area contributed by atoms with E-state index in [0.717, 1.165) is 34.4 Å². The van der Waals surface area contributed by atoms with E-state index in [1.807, 2.05) is 24.3 Å². The van der Waals surface area contributed by atoms with Crippen molar-refractivity contribution < 1.29 is 86.4 Å². The largest absolute Gasteiger partial charge is 0.489 e. The Morgan fingerprint density at radius 1 is 0.463 bits per heavy atom. The van der Waals surface area contributed by atoms with Crippen LogP contribution in [0.3, 0.4) is 0 Å². The molecule has 6 aromatic rings. The van der Waals surface area contributed by atoms with Crippen molar-refractivity contribution in [2.24, 2.45) is 0 Å². The van der Waals surface area contributed by atoms with Gasteiger partial charge in [-0.25, -0.2) is 0 Å². The lowest BCUT2D eigenvalue weighted by Crippen LogP contribution is -2.15. The lowest BCUT2D eigenvalue weighted by molar-refractivity contribution is -0.144. The molecule has 0 spiro atoms. The zero-order valence-electron chi connectivity index (χ0n) is 42.1. The van der Waals surface area contributed by atoms with Gasteiger partial charge in [0.15, 0.2) is 23.1 Å². The molecule has 0 heterocycles. The van der Waals surface area contributed by atoms with E-state index in [1.165, 1.54) is 18.2 Å². The number of benzene rings is 6. The summed E-state index contributed by atoms with van der Waals surface area (Å²) in [5.74, 6) is -0.293. The predicted molar refractivity (Wildman–Crippen MR) is 274 cm³/mol. The summed E-state index contributed by atoms with van der Waals surface area (Å²) in [5.41, 5.74) is -0.861. The van der Waals surface area contributed by atoms with Gasteiger partial charge in [-0.1, -0.05) is 67.6 Å². The van der Waals surface area contributed by atoms with Crippen molar-refractivity contribution in [3.05, 3.63) is 223 Å². The van der Waals surface area contributed by atoms with Crippen LogP contribution in [0, 0.1) is 0 Å². The molecule has 416 valence electrons. The number of aliphatic hydroxyl groups excluding tert-OH is 1. The summed E-state index contributed by atoms with van der Waals surface area (Å²) in [4.78, 5) is 48.7. The third-order valence-electron chi connectivity index (χ3n) is 12.7. The smallest absolute Gasteiger partial charge is 0.416 e. The molecular weight excluding hydrogens is 1070 g/mol. The molecule has 0 unspecified atom stereocenters. The van der Waals surface area contributed by atoms with Crippen LogP contribution in [0.4, 0.5) is 52.7 Å². The van der Waals surface area contributed by atoms with Crippen LogP contribution in [0.25, 0.3) is 24.3 Å². The predicted octanol–water partition coefficient (Wildman–Crippen LogP) is 15.6. The molecule has 1 N–H and O–H groups in total. The molecule has 0 radical (unpaired) electrons. The van der Waals surface area contributed by atoms with E-state index in [0.29, 0.717) is 77.3 Å². The van der Waals surface area contributed by atoms with Gasteiger partial charge in [0.25, 0.3) is 0 Å². The van der Waals surface area contributed by atoms with Gasteiger partial charge in [-0.05, 0) is 167 Å². The summed E-state index contributed by atoms with van der Waals surface area (Å²) >= 11 is 0. The van der Waals surface area contributed by atoms with Crippen LogP contribution >= 0.6 is 0 Å². The number of carbonyl (C=O) groups excluding carboxylic acids is 4. The third-order valence-corrected chi connectivity index (χ3v) is 12.7. The molecule has 6 aromatic carbocycles. The summed E-state index contributed by atoms with van der Waals surface area (Å²) < 4.78 is 170. The Bertz CT molecular complexity index is 3120. The van der Waals surface area contributed by atoms with Crippen LogP contribution in [-0.4, -0.2) is 34.8 Å². The number of allylic oxidation sites excluding steroid dienone is 3. The van der Waals surface area contributed by atoms with Gasteiger partial charge >= 0.3 is 24.7 Å². The molecule has 19 heteroatoms. The third kappa shape index (κ3) is 15.9. The number of halogens is 12. The first-order valence-corrected chi connectivity index (χ1v) is 24.5. The second-order valence-corrected chi connectivity index (χ2v) is 18.5. The average Bonchev–Trinajstić information content (AvgIpc) is 3.41. The van der Waals surface area contributed by atoms with Gasteiger partial charge in [0.05, 0.1) is 22.3 Å². The highest BCUT2D eigenvalue weighted by molar-refractivity contribution is 6.14. The number of hydrogen-bond donors (Lipinski definition) is 1. The van der Waals surface area contributed by atoms with Crippen molar-refractivity contribution >= 4 is 47.4 Å². The Morgan fingerprint density at radius 3 is 1.14 bits per heavy atom. The minimum atomic E-state index is -4.98. The van der Waals surface area contributed by atoms with Crippen molar-refractivity contribution in [2.75, 3.05) is 6.61 Å². The molecule has 0 aliphatic heterocycles. The molecule has 0 fully saturated rings. The maximum Gasteiger partial charge on any atom is 0.416 e. The van der Waals surface area contributed by atoms with Gasteiger partial charge < -0.3 is 14.6 Å². The van der Waals surface area contributed by atoms with Gasteiger partial charge in [-0.2, -0.15) is 52.7 Å². The van der Waals surface area contributed by atoms with Crippen molar-refractivity contribution in [1.29, 1.82) is 0 Å². The Hall–Kier alpha value is -8.32. The lowest BCUT2D eigenvalue weighted by Gasteiger charge is -2.19. The fourth-order valence-corrected chi connectivity index (χ4v) is 8.42. The molecule has 0 bridgehead atoms. The summed E-state index contributed by atoms with van der Waals surface area (Å²) in [6.07, 6.45) is -10.2. The summed E-state index contributed by atoms with van der Waals surface area (Å²) in [6, 6.07) is 26.8. The number of Topliss-reactive ketones (excluding diaryl/α,β-unsaturated/α-hetero) is 2. The van der Waals surface area contributed by atoms with Crippen molar-refractivity contribution in [1.82, 2.24) is 0 Å². The van der Waals surface area contributed by atoms with Crippen molar-refractivity contribution in [3.8, 4) is 11.5 Å². The molecule has 0 atom stereocenters. The SMILES string of the molecule is CCC(=O)/C=C/c1ccc(COc2ccc3c(c2)CC/C(=C\c2cc(C(F)(F)F)cc(C(F)(F)F)c2)C3=O)cc1.O=C(/C=C/c1ccc(COc2ccc3c(c2)CC/C(=C\c2cc(C(F)(F)F)cc(C(F)(F)F)c2)C3=O)cc1)CO. The van der Waals surface area contributed by atoms with Gasteiger partial charge in [-0.15, -0.1) is 0 Å². The Morgan fingerprint density at radius 2 is 0.812 bits per heavy atom. The van der Waals surface area contributed by atoms with Crippen LogP contribution < -0.4 is 9.47 Å². The van der Waals surface area contributed by atoms with Crippen LogP contribution in [0.15, 0.2) is 145 Å². The number of rotatable bonds is 14. The second kappa shape index (κ2) is 24.8. The Labute approximate surface area is 450 Å². The Kier molecular flexibility index (Phi) is 18.4. The van der Waals surface area contributed by atoms with E-state index in [-0.39, 0.29) is 66.2 Å². The van der Waals surface area contributed by atoms with E-state index in [9.17, 15) is 71.9 Å². The minimum Gasteiger partial charge on any atom is -0.489 e. The highest BCUT2D eigenvalue weighted by Gasteiger charge is 2.38. The molecule has 0 aromatic heterocycles. The van der Waals surface area contributed by atoms with E-state index in [4.69, 9.17) is 14.6 Å². The standard InChI is InChI=1S/C31H24F6O3.C30H22F6O4/c1-2-26(38)10-7-19-3-5-20(6-4-19)18-40-27-11-12-28-22(16-27)8-9-23(29(28)39)13-21-14-24(30(32,33)34)17-25(15-21)31(35,36)37;31-29(32,33)23-12-20(13-24(15-23)30(34,35)36)11-22-7-6-21-14-26(9-10-27(21)28(22)39)40-17-19-3-1-18(2-4-19)5-8-25(38)16-37/h3-7,10-17H,2,8-9,18H2,1H3;1-5,8-15,37H,6-7,16-17H2/b10-7+,23-13+;8-5+,22-11+.